The van der Waals surface area contributed by atoms with E-state index in [-0.39, 0.29) is 71.3 Å². The van der Waals surface area contributed by atoms with E-state index in [1.54, 1.807) is 18.7 Å². The van der Waals surface area contributed by atoms with Gasteiger partial charge in [-0.2, -0.15) is 16.8 Å². The summed E-state index contributed by atoms with van der Waals surface area (Å²) in [5.41, 5.74) is 6.51. The predicted molar refractivity (Wildman–Crippen MR) is 227 cm³/mol. The maximum absolute atomic E-state index is 13.7. The quantitative estimate of drug-likeness (QED) is 0.0166. The topological polar surface area (TPSA) is 250 Å². The molecule has 0 unspecified atom stereocenters. The number of rotatable bonds is 14. The third-order valence-corrected chi connectivity index (χ3v) is 12.2. The number of halogens is 3. The second-order valence-electron chi connectivity index (χ2n) is 12.9. The van der Waals surface area contributed by atoms with Crippen molar-refractivity contribution in [3.8, 4) is 29.5 Å². The molecule has 4 aromatic carbocycles. The fourth-order valence-corrected chi connectivity index (χ4v) is 8.47. The molecule has 0 saturated carbocycles. The zero-order valence-electron chi connectivity index (χ0n) is 31.7. The monoisotopic (exact) mass is 932 g/mol. The van der Waals surface area contributed by atoms with Crippen LogP contribution in [0.1, 0.15) is 11.1 Å². The molecule has 0 aliphatic carbocycles. The fourth-order valence-electron chi connectivity index (χ4n) is 5.62. The molecule has 0 spiro atoms. The molecule has 24 heteroatoms. The molecule has 2 heterocycles. The van der Waals surface area contributed by atoms with E-state index in [9.17, 15) is 31.8 Å². The summed E-state index contributed by atoms with van der Waals surface area (Å²) in [4.78, 5) is 16.4. The largest absolute Gasteiger partial charge is 0.506 e. The number of aromatic nitrogens is 2. The van der Waals surface area contributed by atoms with E-state index in [2.05, 4.69) is 43.3 Å². The fraction of sp³-hybridized carbons (Fsp3) is 0.162. The summed E-state index contributed by atoms with van der Waals surface area (Å²) in [6.07, 6.45) is 6.50. The summed E-state index contributed by atoms with van der Waals surface area (Å²) in [6, 6.07) is 11.7. The molecule has 1 aliphatic rings. The lowest BCUT2D eigenvalue weighted by molar-refractivity contribution is -0.654. The Bertz CT molecular complexity index is 2860. The molecule has 0 radical (unpaired) electrons. The number of carbonyl (C=O) groups excluding carboxylic acids is 1. The molecular formula is C37H33Cl3N9O10S2+. The van der Waals surface area contributed by atoms with Crippen molar-refractivity contribution in [1.29, 1.82) is 0 Å². The Morgan fingerprint density at radius 1 is 0.902 bits per heavy atom. The Kier molecular flexibility index (Phi) is 13.4. The number of hydrogen-bond acceptors (Lipinski definition) is 16. The minimum atomic E-state index is -4.74. The van der Waals surface area contributed by atoms with Crippen molar-refractivity contribution in [3.05, 3.63) is 87.0 Å². The van der Waals surface area contributed by atoms with Crippen LogP contribution in [0.3, 0.4) is 0 Å². The first kappa shape index (κ1) is 44.6. The highest BCUT2D eigenvalue weighted by molar-refractivity contribution is 7.87. The van der Waals surface area contributed by atoms with Gasteiger partial charge in [0.1, 0.15) is 26.3 Å². The van der Waals surface area contributed by atoms with Gasteiger partial charge in [0, 0.05) is 19.2 Å². The third-order valence-electron chi connectivity index (χ3n) is 8.84. The zero-order valence-corrected chi connectivity index (χ0v) is 35.6. The number of nitrogens with one attached hydrogen (secondary N) is 4. The Morgan fingerprint density at radius 3 is 2.30 bits per heavy atom. The zero-order chi connectivity index (χ0) is 44.2. The van der Waals surface area contributed by atoms with Crippen LogP contribution in [0, 0.1) is 26.2 Å². The number of aliphatic imine (C=N–C) groups is 1. The number of azo groups is 1. The van der Waals surface area contributed by atoms with Gasteiger partial charge in [0.15, 0.2) is 11.4 Å². The molecule has 0 bridgehead atoms. The Balaban J connectivity index is 1.23. The van der Waals surface area contributed by atoms with Crippen molar-refractivity contribution in [2.75, 3.05) is 47.5 Å². The number of anilines is 4. The smallest absolute Gasteiger partial charge is 0.319 e. The molecule has 6 N–H and O–H groups in total. The van der Waals surface area contributed by atoms with Gasteiger partial charge in [-0.15, -0.1) is 30.3 Å². The maximum atomic E-state index is 13.7. The Labute approximate surface area is 363 Å². The maximum Gasteiger partial charge on any atom is 0.319 e. The van der Waals surface area contributed by atoms with Gasteiger partial charge in [-0.25, -0.2) is 11.0 Å². The van der Waals surface area contributed by atoms with Gasteiger partial charge < -0.3 is 25.2 Å². The van der Waals surface area contributed by atoms with Crippen molar-refractivity contribution < 1.29 is 49.8 Å². The Morgan fingerprint density at radius 2 is 1.59 bits per heavy atom. The van der Waals surface area contributed by atoms with Crippen molar-refractivity contribution in [1.82, 2.24) is 5.10 Å². The van der Waals surface area contributed by atoms with Crippen molar-refractivity contribution in [2.24, 2.45) is 15.2 Å². The molecule has 1 amide bonds. The van der Waals surface area contributed by atoms with E-state index in [0.29, 0.717) is 26.3 Å². The standard InChI is InChI=1S/C37H32Cl3N9O10S2/c1-5-35(51)42-28-15-23(14-26(40)36(28)52)43-44-37-29(41-4)19-49(45-37)31-17-25(39)33(18-24(31)38)60(53,54)58-46-22-6-7-30(48-8-10-57-11-9-48)34(16-22)61(55,56)59-47-27-12-20(2)21(3)13-32(27)50/h1,6-7,12-19,46H,4,8-11H2,2-3H3,(H4,42,43,44,45,47,50,51,52)/p+1. The average Bonchev–Trinajstić information content (AvgIpc) is 3.65. The molecule has 1 aliphatic heterocycles. The molecule has 6 rings (SSSR count). The van der Waals surface area contributed by atoms with Gasteiger partial charge in [0.25, 0.3) is 11.6 Å². The number of amides is 1. The Hall–Kier alpha value is -5.96. The van der Waals surface area contributed by atoms with E-state index in [1.165, 1.54) is 53.3 Å². The number of phenols is 2. The van der Waals surface area contributed by atoms with Crippen LogP contribution in [-0.2, 0) is 38.3 Å². The van der Waals surface area contributed by atoms with E-state index in [0.717, 1.165) is 23.3 Å². The number of ether oxygens (including phenoxy) is 1. The van der Waals surface area contributed by atoms with E-state index < -0.39 is 36.8 Å². The summed E-state index contributed by atoms with van der Waals surface area (Å²) in [5, 5.41) is 33.2. The van der Waals surface area contributed by atoms with Crippen molar-refractivity contribution in [3.63, 3.8) is 0 Å². The van der Waals surface area contributed by atoms with Crippen LogP contribution in [0.4, 0.5) is 39.9 Å². The first-order valence-corrected chi connectivity index (χ1v) is 21.3. The predicted octanol–water partition coefficient (Wildman–Crippen LogP) is 6.90. The van der Waals surface area contributed by atoms with Gasteiger partial charge in [-0.1, -0.05) is 39.5 Å². The summed E-state index contributed by atoms with van der Waals surface area (Å²) in [6.45, 7) is 8.43. The number of hydrogen-bond donors (Lipinski definition) is 6. The van der Waals surface area contributed by atoms with Crippen LogP contribution in [0.25, 0.3) is 5.69 Å². The van der Waals surface area contributed by atoms with Crippen LogP contribution in [0.5, 0.6) is 11.5 Å². The van der Waals surface area contributed by atoms with Crippen LogP contribution in [-0.4, -0.2) is 71.1 Å². The summed E-state index contributed by atoms with van der Waals surface area (Å²) in [7, 11) is -9.37. The number of carbonyl (C=O) groups is 1. The molecule has 1 saturated heterocycles. The number of nitrogens with zero attached hydrogens (tertiary/aromatic N) is 5. The molecule has 61 heavy (non-hydrogen) atoms. The molecule has 5 aromatic rings. The average molecular weight is 934 g/mol. The molecule has 1 aromatic heterocycles. The molecule has 19 nitrogen and oxygen atoms in total. The number of aromatic hydroxyl groups is 2. The number of aromatic amines is 1. The lowest BCUT2D eigenvalue weighted by Crippen LogP contribution is -2.37. The minimum absolute atomic E-state index is 0.00400. The number of benzene rings is 4. The first-order chi connectivity index (χ1) is 28.9. The molecule has 318 valence electrons. The summed E-state index contributed by atoms with van der Waals surface area (Å²) >= 11 is 19.1. The molecule has 1 fully saturated rings. The van der Waals surface area contributed by atoms with Gasteiger partial charge in [-0.05, 0) is 86.1 Å². The summed E-state index contributed by atoms with van der Waals surface area (Å²) < 4.78 is 71.3. The number of H-pyrrole nitrogens is 1. The number of phenolic OH excluding ortho intramolecular Hbond substituents is 2. The highest BCUT2D eigenvalue weighted by Crippen LogP contribution is 2.38. The van der Waals surface area contributed by atoms with E-state index in [4.69, 9.17) is 54.5 Å². The lowest BCUT2D eigenvalue weighted by atomic mass is 10.1. The molecular weight excluding hydrogens is 901 g/mol. The number of terminal acetylenes is 1. The van der Waals surface area contributed by atoms with E-state index >= 15 is 0 Å². The van der Waals surface area contributed by atoms with Crippen molar-refractivity contribution >= 4 is 108 Å². The third kappa shape index (κ3) is 10.2. The van der Waals surface area contributed by atoms with E-state index in [1.807, 2.05) is 5.92 Å². The van der Waals surface area contributed by atoms with Crippen LogP contribution in [0.2, 0.25) is 15.1 Å². The number of aryl methyl sites for hydroxylation is 2. The first-order valence-electron chi connectivity index (χ1n) is 17.4. The normalized spacial score (nSPS) is 13.2. The SMILES string of the molecule is C#CC(=O)Nc1cc(N=Nc2[nH][n+](-c3cc(Cl)c(S(=O)(=O)ONc4ccc(N5CCOCC5)c(S(=O)(=O)ONc5cc(C)c(C)cc5O)c4)cc3Cl)cc2N=C)cc(Cl)c1O. The van der Waals surface area contributed by atoms with Crippen LogP contribution in [0.15, 0.2) is 85.8 Å². The second kappa shape index (κ2) is 18.3. The number of morpholine rings is 1. The van der Waals surface area contributed by atoms with Crippen LogP contribution >= 0.6 is 34.8 Å². The summed E-state index contributed by atoms with van der Waals surface area (Å²) in [5.74, 6) is 0.364. The second-order valence-corrected chi connectivity index (χ2v) is 17.1. The van der Waals surface area contributed by atoms with Gasteiger partial charge >= 0.3 is 20.2 Å². The molecule has 0 atom stereocenters. The highest BCUT2D eigenvalue weighted by Gasteiger charge is 2.29. The van der Waals surface area contributed by atoms with Gasteiger partial charge in [-0.3, -0.25) is 9.79 Å². The lowest BCUT2D eigenvalue weighted by Gasteiger charge is -2.30. The van der Waals surface area contributed by atoms with Crippen LogP contribution < -0.4 is 25.9 Å². The van der Waals surface area contributed by atoms with Gasteiger partial charge in [0.05, 0.1) is 46.0 Å². The minimum Gasteiger partial charge on any atom is -0.506 e. The van der Waals surface area contributed by atoms with Crippen molar-refractivity contribution in [2.45, 2.75) is 23.6 Å². The van der Waals surface area contributed by atoms with Gasteiger partial charge in [0.2, 0.25) is 12.0 Å². The highest BCUT2D eigenvalue weighted by atomic mass is 35.5.